The van der Waals surface area contributed by atoms with E-state index in [1.165, 1.54) is 18.4 Å². The van der Waals surface area contributed by atoms with Gasteiger partial charge in [-0.25, -0.2) is 0 Å². The number of rotatable bonds is 8. The predicted molar refractivity (Wildman–Crippen MR) is 78.9 cm³/mol. The molecule has 2 N–H and O–H groups in total. The minimum atomic E-state index is 0.334. The summed E-state index contributed by atoms with van der Waals surface area (Å²) in [6, 6.07) is 1.07. The fourth-order valence-corrected chi connectivity index (χ4v) is 2.72. The molecule has 1 aliphatic carbocycles. The second-order valence-electron chi connectivity index (χ2n) is 6.11. The van der Waals surface area contributed by atoms with Gasteiger partial charge in [-0.1, -0.05) is 20.8 Å². The molecule has 0 aromatic carbocycles. The zero-order chi connectivity index (χ0) is 13.8. The zero-order valence-electron chi connectivity index (χ0n) is 12.5. The summed E-state index contributed by atoms with van der Waals surface area (Å²) in [5.74, 6) is 0.681. The van der Waals surface area contributed by atoms with E-state index in [1.54, 1.807) is 0 Å². The maximum atomic E-state index is 6.05. The quantitative estimate of drug-likeness (QED) is 0.784. The van der Waals surface area contributed by atoms with Crippen molar-refractivity contribution in [1.82, 2.24) is 14.7 Å². The van der Waals surface area contributed by atoms with E-state index in [0.29, 0.717) is 18.5 Å². The molecular formula is C15H28N4. The monoisotopic (exact) mass is 264 g/mol. The average molecular weight is 264 g/mol. The predicted octanol–water partition coefficient (Wildman–Crippen LogP) is 2.41. The Balaban J connectivity index is 2.11. The number of hydrogen-bond donors (Lipinski definition) is 1. The first-order valence-corrected chi connectivity index (χ1v) is 7.63. The van der Waals surface area contributed by atoms with Gasteiger partial charge in [0.05, 0.1) is 12.2 Å². The van der Waals surface area contributed by atoms with Crippen molar-refractivity contribution in [2.45, 2.75) is 58.7 Å². The lowest BCUT2D eigenvalue weighted by molar-refractivity contribution is 0.169. The molecule has 4 nitrogen and oxygen atoms in total. The molecule has 1 saturated carbocycles. The highest BCUT2D eigenvalue weighted by molar-refractivity contribution is 5.13. The summed E-state index contributed by atoms with van der Waals surface area (Å²) in [7, 11) is 0. The van der Waals surface area contributed by atoms with Crippen molar-refractivity contribution in [2.24, 2.45) is 11.7 Å². The Kier molecular flexibility index (Phi) is 4.99. The van der Waals surface area contributed by atoms with Crippen LogP contribution in [-0.2, 0) is 6.54 Å². The highest BCUT2D eigenvalue weighted by Gasteiger charge is 2.34. The molecule has 1 heterocycles. The summed E-state index contributed by atoms with van der Waals surface area (Å²) in [6.45, 7) is 9.54. The summed E-state index contributed by atoms with van der Waals surface area (Å²) in [5.41, 5.74) is 7.33. The first-order valence-electron chi connectivity index (χ1n) is 7.63. The van der Waals surface area contributed by atoms with Crippen LogP contribution in [0.2, 0.25) is 0 Å². The van der Waals surface area contributed by atoms with Crippen molar-refractivity contribution in [3.05, 3.63) is 18.0 Å². The smallest absolute Gasteiger partial charge is 0.0538 e. The summed E-state index contributed by atoms with van der Waals surface area (Å²) in [5, 5.41) is 4.45. The van der Waals surface area contributed by atoms with Gasteiger partial charge < -0.3 is 5.73 Å². The lowest BCUT2D eigenvalue weighted by atomic mass is 10.1. The van der Waals surface area contributed by atoms with Crippen LogP contribution in [0.3, 0.4) is 0 Å². The first-order chi connectivity index (χ1) is 9.15. The minimum Gasteiger partial charge on any atom is -0.329 e. The molecule has 1 atom stereocenters. The van der Waals surface area contributed by atoms with Crippen LogP contribution in [0.25, 0.3) is 0 Å². The summed E-state index contributed by atoms with van der Waals surface area (Å²) < 4.78 is 2.04. The summed E-state index contributed by atoms with van der Waals surface area (Å²) >= 11 is 0. The highest BCUT2D eigenvalue weighted by Crippen LogP contribution is 2.34. The fourth-order valence-electron chi connectivity index (χ4n) is 2.72. The highest BCUT2D eigenvalue weighted by atomic mass is 15.3. The maximum absolute atomic E-state index is 6.05. The normalized spacial score (nSPS) is 17.4. The van der Waals surface area contributed by atoms with Crippen LogP contribution in [0.15, 0.2) is 12.4 Å². The third kappa shape index (κ3) is 3.80. The summed E-state index contributed by atoms with van der Waals surface area (Å²) in [6.07, 6.45) is 7.95. The molecule has 2 rings (SSSR count). The third-order valence-electron chi connectivity index (χ3n) is 3.71. The molecule has 1 aliphatic rings. The molecule has 1 fully saturated rings. The van der Waals surface area contributed by atoms with Crippen LogP contribution in [0.4, 0.5) is 0 Å². The number of nitrogens with two attached hydrogens (primary N) is 1. The van der Waals surface area contributed by atoms with Gasteiger partial charge in [-0.2, -0.15) is 5.10 Å². The van der Waals surface area contributed by atoms with E-state index in [-0.39, 0.29) is 0 Å². The van der Waals surface area contributed by atoms with Crippen LogP contribution in [0.5, 0.6) is 0 Å². The van der Waals surface area contributed by atoms with Gasteiger partial charge in [0.2, 0.25) is 0 Å². The molecule has 4 heteroatoms. The van der Waals surface area contributed by atoms with Gasteiger partial charge in [-0.15, -0.1) is 0 Å². The van der Waals surface area contributed by atoms with E-state index in [9.17, 15) is 0 Å². The lowest BCUT2D eigenvalue weighted by Crippen LogP contribution is -2.37. The number of aryl methyl sites for hydroxylation is 1. The Morgan fingerprint density at radius 3 is 2.74 bits per heavy atom. The van der Waals surface area contributed by atoms with Crippen LogP contribution in [0, 0.1) is 5.92 Å². The largest absolute Gasteiger partial charge is 0.329 e. The van der Waals surface area contributed by atoms with Crippen LogP contribution < -0.4 is 5.73 Å². The van der Waals surface area contributed by atoms with Crippen LogP contribution in [-0.4, -0.2) is 33.8 Å². The zero-order valence-corrected chi connectivity index (χ0v) is 12.5. The fraction of sp³-hybridized carbons (Fsp3) is 0.800. The molecule has 19 heavy (non-hydrogen) atoms. The number of nitrogens with zero attached hydrogens (tertiary/aromatic N) is 3. The van der Waals surface area contributed by atoms with E-state index in [1.807, 2.05) is 10.9 Å². The van der Waals surface area contributed by atoms with Gasteiger partial charge in [0, 0.05) is 37.4 Å². The second-order valence-corrected chi connectivity index (χ2v) is 6.11. The molecule has 0 spiro atoms. The van der Waals surface area contributed by atoms with Crippen molar-refractivity contribution in [2.75, 3.05) is 13.1 Å². The first kappa shape index (κ1) is 14.5. The second kappa shape index (κ2) is 6.53. The van der Waals surface area contributed by atoms with Gasteiger partial charge in [0.1, 0.15) is 0 Å². The Bertz CT molecular complexity index is 381. The van der Waals surface area contributed by atoms with E-state index in [2.05, 4.69) is 37.0 Å². The van der Waals surface area contributed by atoms with Crippen LogP contribution in [0.1, 0.15) is 51.6 Å². The average Bonchev–Trinajstić information content (AvgIpc) is 3.11. The molecule has 0 saturated heterocycles. The van der Waals surface area contributed by atoms with E-state index in [0.717, 1.165) is 25.6 Å². The molecular weight excluding hydrogens is 236 g/mol. The number of hydrogen-bond acceptors (Lipinski definition) is 3. The van der Waals surface area contributed by atoms with Crippen molar-refractivity contribution in [1.29, 1.82) is 0 Å². The van der Waals surface area contributed by atoms with Gasteiger partial charge in [0.25, 0.3) is 0 Å². The Morgan fingerprint density at radius 1 is 1.47 bits per heavy atom. The molecule has 108 valence electrons. The standard InChI is InChI=1S/C15H28N4/c1-4-7-18-11-13(9-17-18)15(8-16)19(10-12(2)3)14-5-6-14/h9,11-12,14-15H,4-8,10,16H2,1-3H3. The van der Waals surface area contributed by atoms with Crippen molar-refractivity contribution in [3.8, 4) is 0 Å². The third-order valence-corrected chi connectivity index (χ3v) is 3.71. The SMILES string of the molecule is CCCn1cc(C(CN)N(CC(C)C)C2CC2)cn1. The van der Waals surface area contributed by atoms with Crippen molar-refractivity contribution in [3.63, 3.8) is 0 Å². The Hall–Kier alpha value is -0.870. The Morgan fingerprint density at radius 2 is 2.21 bits per heavy atom. The number of aromatic nitrogens is 2. The molecule has 1 aromatic rings. The molecule has 1 aromatic heterocycles. The molecule has 1 unspecified atom stereocenters. The van der Waals surface area contributed by atoms with E-state index >= 15 is 0 Å². The van der Waals surface area contributed by atoms with Gasteiger partial charge in [-0.05, 0) is 25.2 Å². The van der Waals surface area contributed by atoms with Crippen molar-refractivity contribution < 1.29 is 0 Å². The summed E-state index contributed by atoms with van der Waals surface area (Å²) in [4.78, 5) is 2.60. The van der Waals surface area contributed by atoms with E-state index in [4.69, 9.17) is 5.73 Å². The molecule has 0 amide bonds. The van der Waals surface area contributed by atoms with Crippen LogP contribution >= 0.6 is 0 Å². The molecule has 0 aliphatic heterocycles. The van der Waals surface area contributed by atoms with E-state index < -0.39 is 0 Å². The topological polar surface area (TPSA) is 47.1 Å². The van der Waals surface area contributed by atoms with Crippen molar-refractivity contribution >= 4 is 0 Å². The molecule has 0 radical (unpaired) electrons. The Labute approximate surface area is 117 Å². The maximum Gasteiger partial charge on any atom is 0.0538 e. The van der Waals surface area contributed by atoms with Gasteiger partial charge >= 0.3 is 0 Å². The lowest BCUT2D eigenvalue weighted by Gasteiger charge is -2.31. The van der Waals surface area contributed by atoms with Gasteiger partial charge in [0.15, 0.2) is 0 Å². The minimum absolute atomic E-state index is 0.334. The van der Waals surface area contributed by atoms with Gasteiger partial charge in [-0.3, -0.25) is 9.58 Å². The molecule has 0 bridgehead atoms.